The van der Waals surface area contributed by atoms with Gasteiger partial charge < -0.3 is 9.88 Å². The van der Waals surface area contributed by atoms with Crippen molar-refractivity contribution in [2.45, 2.75) is 12.5 Å². The van der Waals surface area contributed by atoms with Crippen molar-refractivity contribution in [2.24, 2.45) is 7.05 Å². The third-order valence-electron chi connectivity index (χ3n) is 4.57. The molecule has 0 radical (unpaired) electrons. The number of nitrogens with zero attached hydrogens (tertiary/aromatic N) is 6. The van der Waals surface area contributed by atoms with Crippen LogP contribution in [0.5, 0.6) is 0 Å². The van der Waals surface area contributed by atoms with Gasteiger partial charge in [0.25, 0.3) is 0 Å². The number of hydrogen-bond acceptors (Lipinski definition) is 6. The second-order valence-electron chi connectivity index (χ2n) is 6.52. The lowest BCUT2D eigenvalue weighted by molar-refractivity contribution is 0.437. The van der Waals surface area contributed by atoms with E-state index in [1.165, 1.54) is 10.6 Å². The summed E-state index contributed by atoms with van der Waals surface area (Å²) >= 11 is 12.4. The highest BCUT2D eigenvalue weighted by molar-refractivity contribution is 7.88. The molecule has 1 N–H and O–H groups in total. The van der Waals surface area contributed by atoms with Gasteiger partial charge in [0.15, 0.2) is 5.15 Å². The van der Waals surface area contributed by atoms with Crippen molar-refractivity contribution < 1.29 is 8.42 Å². The number of anilines is 2. The molecule has 1 saturated heterocycles. The molecule has 1 fully saturated rings. The average molecular weight is 430 g/mol. The van der Waals surface area contributed by atoms with Crippen molar-refractivity contribution in [1.29, 1.82) is 0 Å². The first-order valence-electron chi connectivity index (χ1n) is 8.17. The van der Waals surface area contributed by atoms with Crippen LogP contribution in [0.25, 0.3) is 11.0 Å². The minimum absolute atomic E-state index is 0.0668. The lowest BCUT2D eigenvalue weighted by Gasteiger charge is -2.13. The van der Waals surface area contributed by atoms with Crippen molar-refractivity contribution in [2.75, 3.05) is 24.7 Å². The molecule has 0 aliphatic carbocycles. The number of aryl methyl sites for hydroxylation is 1. The molecule has 9 nitrogen and oxygen atoms in total. The summed E-state index contributed by atoms with van der Waals surface area (Å²) in [6.07, 6.45) is 7.04. The smallest absolute Gasteiger partial charge is 0.229 e. The first-order valence-corrected chi connectivity index (χ1v) is 10.8. The molecule has 3 aromatic heterocycles. The van der Waals surface area contributed by atoms with Gasteiger partial charge in [-0.25, -0.2) is 13.4 Å². The lowest BCUT2D eigenvalue weighted by atomic mass is 10.3. The molecular formula is C15H17Cl2N7O2S. The predicted octanol–water partition coefficient (Wildman–Crippen LogP) is 2.42. The summed E-state index contributed by atoms with van der Waals surface area (Å²) in [5, 5.41) is 8.98. The van der Waals surface area contributed by atoms with Gasteiger partial charge in [0, 0.05) is 32.5 Å². The number of nitrogens with one attached hydrogen (secondary N) is 1. The Kier molecular flexibility index (Phi) is 4.53. The second kappa shape index (κ2) is 6.62. The van der Waals surface area contributed by atoms with E-state index in [4.69, 9.17) is 23.2 Å². The highest BCUT2D eigenvalue weighted by atomic mass is 35.5. The standard InChI is InChI=1S/C15H17Cl2N7O2S/c1-22-7-11(16)10-5-18-15(20-14(10)22)19-12-8-24(21-13(12)17)9-3-4-23(6-9)27(2,25)26/h5,7-9H,3-4,6H2,1-2H3,(H,18,19,20)/t9-/m0/s1. The summed E-state index contributed by atoms with van der Waals surface area (Å²) in [5.74, 6) is 0.367. The quantitative estimate of drug-likeness (QED) is 0.683. The fourth-order valence-electron chi connectivity index (χ4n) is 3.16. The molecule has 3 aromatic rings. The normalized spacial score (nSPS) is 18.4. The molecule has 0 bridgehead atoms. The van der Waals surface area contributed by atoms with Crippen molar-refractivity contribution >= 4 is 55.9 Å². The van der Waals surface area contributed by atoms with Crippen molar-refractivity contribution in [3.05, 3.63) is 28.8 Å². The van der Waals surface area contributed by atoms with E-state index < -0.39 is 10.0 Å². The van der Waals surface area contributed by atoms with Gasteiger partial charge in [0.05, 0.1) is 34.6 Å². The maximum atomic E-state index is 11.7. The van der Waals surface area contributed by atoms with Crippen LogP contribution in [0.3, 0.4) is 0 Å². The Morgan fingerprint density at radius 1 is 1.30 bits per heavy atom. The molecule has 1 aliphatic rings. The molecule has 0 aromatic carbocycles. The van der Waals surface area contributed by atoms with E-state index in [0.29, 0.717) is 41.8 Å². The molecule has 4 rings (SSSR count). The van der Waals surface area contributed by atoms with Gasteiger partial charge in [0.1, 0.15) is 5.65 Å². The van der Waals surface area contributed by atoms with E-state index in [-0.39, 0.29) is 11.2 Å². The molecule has 1 atom stereocenters. The van der Waals surface area contributed by atoms with Crippen LogP contribution in [0.1, 0.15) is 12.5 Å². The van der Waals surface area contributed by atoms with E-state index in [1.54, 1.807) is 23.3 Å². The molecule has 0 amide bonds. The first kappa shape index (κ1) is 18.5. The number of aromatic nitrogens is 5. The van der Waals surface area contributed by atoms with E-state index in [0.717, 1.165) is 5.39 Å². The fourth-order valence-corrected chi connectivity index (χ4v) is 4.50. The van der Waals surface area contributed by atoms with Gasteiger partial charge in [-0.1, -0.05) is 23.2 Å². The molecule has 144 valence electrons. The Morgan fingerprint density at radius 2 is 2.07 bits per heavy atom. The minimum Gasteiger partial charge on any atom is -0.334 e. The van der Waals surface area contributed by atoms with E-state index >= 15 is 0 Å². The lowest BCUT2D eigenvalue weighted by Crippen LogP contribution is -2.28. The van der Waals surface area contributed by atoms with Gasteiger partial charge in [0.2, 0.25) is 16.0 Å². The zero-order valence-corrected chi connectivity index (χ0v) is 16.9. The third kappa shape index (κ3) is 3.49. The maximum Gasteiger partial charge on any atom is 0.229 e. The van der Waals surface area contributed by atoms with E-state index in [2.05, 4.69) is 20.4 Å². The number of rotatable bonds is 4. The van der Waals surface area contributed by atoms with Gasteiger partial charge in [-0.2, -0.15) is 14.4 Å². The number of halogens is 2. The van der Waals surface area contributed by atoms with Crippen LogP contribution in [-0.2, 0) is 17.1 Å². The Hall–Kier alpha value is -1.88. The first-order chi connectivity index (χ1) is 12.7. The van der Waals surface area contributed by atoms with Gasteiger partial charge in [-0.3, -0.25) is 4.68 Å². The van der Waals surface area contributed by atoms with Crippen LogP contribution in [-0.4, -0.2) is 56.4 Å². The molecule has 4 heterocycles. The molecule has 27 heavy (non-hydrogen) atoms. The maximum absolute atomic E-state index is 11.7. The van der Waals surface area contributed by atoms with Crippen molar-refractivity contribution in [3.63, 3.8) is 0 Å². The second-order valence-corrected chi connectivity index (χ2v) is 9.27. The molecule has 0 spiro atoms. The van der Waals surface area contributed by atoms with Crippen LogP contribution < -0.4 is 5.32 Å². The Bertz CT molecular complexity index is 1120. The van der Waals surface area contributed by atoms with Crippen molar-refractivity contribution in [3.8, 4) is 0 Å². The number of sulfonamides is 1. The topological polar surface area (TPSA) is 97.9 Å². The largest absolute Gasteiger partial charge is 0.334 e. The monoisotopic (exact) mass is 429 g/mol. The van der Waals surface area contributed by atoms with Crippen LogP contribution >= 0.6 is 23.2 Å². The Labute approximate surface area is 165 Å². The molecular weight excluding hydrogens is 413 g/mol. The SMILES string of the molecule is Cn1cc(Cl)c2cnc(Nc3cn([C@H]4CCN(S(C)(=O)=O)C4)nc3Cl)nc21. The van der Waals surface area contributed by atoms with Gasteiger partial charge >= 0.3 is 0 Å². The molecule has 0 unspecified atom stereocenters. The summed E-state index contributed by atoms with van der Waals surface area (Å²) in [7, 11) is -1.36. The Morgan fingerprint density at radius 3 is 2.78 bits per heavy atom. The Balaban J connectivity index is 1.57. The summed E-state index contributed by atoms with van der Waals surface area (Å²) in [4.78, 5) is 8.72. The van der Waals surface area contributed by atoms with Crippen LogP contribution in [0, 0.1) is 0 Å². The predicted molar refractivity (Wildman–Crippen MR) is 104 cm³/mol. The number of fused-ring (bicyclic) bond motifs is 1. The summed E-state index contributed by atoms with van der Waals surface area (Å²) in [6, 6.07) is -0.0668. The third-order valence-corrected chi connectivity index (χ3v) is 6.42. The van der Waals surface area contributed by atoms with Crippen LogP contribution in [0.4, 0.5) is 11.6 Å². The summed E-state index contributed by atoms with van der Waals surface area (Å²) in [5.41, 5.74) is 1.25. The highest BCUT2D eigenvalue weighted by Gasteiger charge is 2.30. The average Bonchev–Trinajstić information content (AvgIpc) is 3.27. The fraction of sp³-hybridized carbons (Fsp3) is 0.400. The molecule has 1 aliphatic heterocycles. The van der Waals surface area contributed by atoms with Gasteiger partial charge in [-0.15, -0.1) is 0 Å². The van der Waals surface area contributed by atoms with Crippen LogP contribution in [0.2, 0.25) is 10.2 Å². The van der Waals surface area contributed by atoms with Crippen LogP contribution in [0.15, 0.2) is 18.6 Å². The zero-order chi connectivity index (χ0) is 19.3. The minimum atomic E-state index is -3.21. The van der Waals surface area contributed by atoms with Gasteiger partial charge in [-0.05, 0) is 6.42 Å². The molecule has 0 saturated carbocycles. The summed E-state index contributed by atoms with van der Waals surface area (Å²) < 4.78 is 28.3. The molecule has 12 heteroatoms. The zero-order valence-electron chi connectivity index (χ0n) is 14.6. The van der Waals surface area contributed by atoms with E-state index in [1.807, 2.05) is 11.6 Å². The van der Waals surface area contributed by atoms with E-state index in [9.17, 15) is 8.42 Å². The van der Waals surface area contributed by atoms with Crippen molar-refractivity contribution in [1.82, 2.24) is 28.6 Å². The summed E-state index contributed by atoms with van der Waals surface area (Å²) in [6.45, 7) is 0.846. The number of hydrogen-bond donors (Lipinski definition) is 1. The highest BCUT2D eigenvalue weighted by Crippen LogP contribution is 2.30.